The number of aliphatic imine (C=N–C) groups is 1. The molecule has 1 aliphatic heterocycles. The van der Waals surface area contributed by atoms with E-state index >= 15 is 0 Å². The summed E-state index contributed by atoms with van der Waals surface area (Å²) in [4.78, 5) is 6.14. The number of hydrogen-bond donors (Lipinski definition) is 1. The maximum Gasteiger partial charge on any atom is 0.132 e. The molecule has 30 heavy (non-hydrogen) atoms. The Kier molecular flexibility index (Phi) is 4.93. The van der Waals surface area contributed by atoms with Crippen molar-refractivity contribution < 1.29 is 9.84 Å². The van der Waals surface area contributed by atoms with E-state index in [-0.39, 0.29) is 5.25 Å². The van der Waals surface area contributed by atoms with Crippen molar-refractivity contribution >= 4 is 33.9 Å². The Balaban J connectivity index is 1.63. The molecule has 0 bridgehead atoms. The quantitative estimate of drug-likeness (QED) is 0.398. The van der Waals surface area contributed by atoms with Gasteiger partial charge in [-0.05, 0) is 41.3 Å². The van der Waals surface area contributed by atoms with Crippen molar-refractivity contribution in [2.75, 3.05) is 7.11 Å². The maximum atomic E-state index is 11.1. The highest BCUT2D eigenvalue weighted by Gasteiger charge is 2.24. The van der Waals surface area contributed by atoms with Gasteiger partial charge in [0.2, 0.25) is 0 Å². The molecule has 5 rings (SSSR count). The summed E-state index contributed by atoms with van der Waals surface area (Å²) >= 11 is 1.82. The van der Waals surface area contributed by atoms with E-state index in [9.17, 15) is 5.11 Å². The van der Waals surface area contributed by atoms with Gasteiger partial charge in [-0.25, -0.2) is 0 Å². The minimum absolute atomic E-state index is 0.184. The third-order valence-corrected chi connectivity index (χ3v) is 6.79. The van der Waals surface area contributed by atoms with Crippen molar-refractivity contribution in [1.29, 1.82) is 0 Å². The number of nitrogens with zero attached hydrogens (tertiary/aromatic N) is 1. The van der Waals surface area contributed by atoms with Crippen molar-refractivity contribution in [2.45, 2.75) is 16.6 Å². The highest BCUT2D eigenvalue weighted by atomic mass is 32.2. The molecule has 4 heteroatoms. The number of rotatable bonds is 3. The number of phenols is 1. The van der Waals surface area contributed by atoms with Crippen LogP contribution in [0.25, 0.3) is 10.8 Å². The molecule has 0 aliphatic carbocycles. The topological polar surface area (TPSA) is 41.8 Å². The first-order chi connectivity index (χ1) is 14.7. The van der Waals surface area contributed by atoms with Crippen LogP contribution in [0.4, 0.5) is 5.69 Å². The van der Waals surface area contributed by atoms with E-state index in [1.807, 2.05) is 72.4 Å². The molecule has 0 saturated heterocycles. The van der Waals surface area contributed by atoms with Gasteiger partial charge < -0.3 is 9.84 Å². The summed E-state index contributed by atoms with van der Waals surface area (Å²) in [6.45, 7) is 0. The van der Waals surface area contributed by atoms with E-state index in [2.05, 4.69) is 24.3 Å². The van der Waals surface area contributed by atoms with Crippen molar-refractivity contribution in [3.05, 3.63) is 96.1 Å². The van der Waals surface area contributed by atoms with Crippen LogP contribution in [0.15, 0.2) is 94.8 Å². The maximum absolute atomic E-state index is 11.1. The molecular formula is C26H21NO2S. The number of thioether (sulfide) groups is 1. The molecule has 0 saturated carbocycles. The summed E-state index contributed by atoms with van der Waals surface area (Å²) in [6, 6.07) is 28.4. The molecule has 0 spiro atoms. The lowest BCUT2D eigenvalue weighted by molar-refractivity contribution is 0.414. The summed E-state index contributed by atoms with van der Waals surface area (Å²) in [5.41, 5.74) is 3.85. The molecule has 0 radical (unpaired) electrons. The van der Waals surface area contributed by atoms with Crippen LogP contribution in [0.1, 0.15) is 22.8 Å². The molecular weight excluding hydrogens is 390 g/mol. The minimum Gasteiger partial charge on any atom is -0.507 e. The molecule has 4 aromatic carbocycles. The molecule has 1 N–H and O–H groups in total. The van der Waals surface area contributed by atoms with Gasteiger partial charge in [0.1, 0.15) is 11.5 Å². The number of para-hydroxylation sites is 1. The van der Waals surface area contributed by atoms with Crippen LogP contribution in [0, 0.1) is 0 Å². The van der Waals surface area contributed by atoms with E-state index < -0.39 is 0 Å². The summed E-state index contributed by atoms with van der Waals surface area (Å²) in [5, 5.41) is 13.1. The Morgan fingerprint density at radius 2 is 1.67 bits per heavy atom. The summed E-state index contributed by atoms with van der Waals surface area (Å²) in [5.74, 6) is 1.14. The van der Waals surface area contributed by atoms with Gasteiger partial charge in [-0.3, -0.25) is 4.99 Å². The molecule has 148 valence electrons. The number of fused-ring (bicyclic) bond motifs is 2. The summed E-state index contributed by atoms with van der Waals surface area (Å²) in [7, 11) is 1.68. The number of aromatic hydroxyl groups is 1. The lowest BCUT2D eigenvalue weighted by Crippen LogP contribution is -2.06. The number of phenolic OH excluding ortho intramolecular Hbond substituents is 1. The highest BCUT2D eigenvalue weighted by molar-refractivity contribution is 7.99. The minimum atomic E-state index is 0.184. The monoisotopic (exact) mass is 411 g/mol. The zero-order chi connectivity index (χ0) is 20.5. The van der Waals surface area contributed by atoms with Gasteiger partial charge >= 0.3 is 0 Å². The van der Waals surface area contributed by atoms with Crippen LogP contribution < -0.4 is 4.74 Å². The van der Waals surface area contributed by atoms with E-state index in [0.717, 1.165) is 44.8 Å². The van der Waals surface area contributed by atoms with Gasteiger partial charge in [0.25, 0.3) is 0 Å². The van der Waals surface area contributed by atoms with Crippen molar-refractivity contribution in [2.24, 2.45) is 4.99 Å². The zero-order valence-corrected chi connectivity index (χ0v) is 17.4. The van der Waals surface area contributed by atoms with Crippen LogP contribution in [-0.4, -0.2) is 17.9 Å². The van der Waals surface area contributed by atoms with Gasteiger partial charge in [-0.15, -0.1) is 11.8 Å². The fourth-order valence-electron chi connectivity index (χ4n) is 3.87. The lowest BCUT2D eigenvalue weighted by Gasteiger charge is -2.17. The van der Waals surface area contributed by atoms with Gasteiger partial charge in [0.15, 0.2) is 0 Å². The first kappa shape index (κ1) is 18.8. The average molecular weight is 412 g/mol. The molecule has 4 aromatic rings. The molecule has 1 heterocycles. The molecule has 1 aliphatic rings. The largest absolute Gasteiger partial charge is 0.507 e. The Morgan fingerprint density at radius 3 is 2.50 bits per heavy atom. The second-order valence-corrected chi connectivity index (χ2v) is 8.54. The third-order valence-electron chi connectivity index (χ3n) is 5.47. The zero-order valence-electron chi connectivity index (χ0n) is 16.6. The van der Waals surface area contributed by atoms with Gasteiger partial charge in [0.05, 0.1) is 18.5 Å². The van der Waals surface area contributed by atoms with E-state index in [1.165, 1.54) is 5.56 Å². The second-order valence-electron chi connectivity index (χ2n) is 7.29. The SMILES string of the molecule is COc1ccc(C2CC(c3ccc4ccccc4c3O)=Nc3ccccc3S2)cc1. The second kappa shape index (κ2) is 7.88. The molecule has 0 aromatic heterocycles. The highest BCUT2D eigenvalue weighted by Crippen LogP contribution is 2.46. The number of benzene rings is 4. The Bertz CT molecular complexity index is 1250. The van der Waals surface area contributed by atoms with Crippen LogP contribution in [-0.2, 0) is 0 Å². The third kappa shape index (κ3) is 3.44. The first-order valence-electron chi connectivity index (χ1n) is 9.91. The van der Waals surface area contributed by atoms with Crippen molar-refractivity contribution in [1.82, 2.24) is 0 Å². The predicted octanol–water partition coefficient (Wildman–Crippen LogP) is 6.91. The predicted molar refractivity (Wildman–Crippen MR) is 124 cm³/mol. The van der Waals surface area contributed by atoms with E-state index in [0.29, 0.717) is 5.75 Å². The van der Waals surface area contributed by atoms with Crippen LogP contribution >= 0.6 is 11.8 Å². The van der Waals surface area contributed by atoms with Gasteiger partial charge in [-0.2, -0.15) is 0 Å². The molecule has 3 nitrogen and oxygen atoms in total. The van der Waals surface area contributed by atoms with Crippen LogP contribution in [0.2, 0.25) is 0 Å². The van der Waals surface area contributed by atoms with Crippen LogP contribution in [0.5, 0.6) is 11.5 Å². The number of methoxy groups -OCH3 is 1. The molecule has 0 amide bonds. The van der Waals surface area contributed by atoms with Crippen molar-refractivity contribution in [3.8, 4) is 11.5 Å². The average Bonchev–Trinajstić information content (AvgIpc) is 2.99. The smallest absolute Gasteiger partial charge is 0.132 e. The Hall–Kier alpha value is -3.24. The van der Waals surface area contributed by atoms with Gasteiger partial charge in [-0.1, -0.05) is 54.6 Å². The van der Waals surface area contributed by atoms with Gasteiger partial charge in [0, 0.05) is 27.5 Å². The summed E-state index contributed by atoms with van der Waals surface area (Å²) < 4.78 is 5.32. The fourth-order valence-corrected chi connectivity index (χ4v) is 5.11. The van der Waals surface area contributed by atoms with Crippen molar-refractivity contribution in [3.63, 3.8) is 0 Å². The van der Waals surface area contributed by atoms with Crippen LogP contribution in [0.3, 0.4) is 0 Å². The number of hydrogen-bond acceptors (Lipinski definition) is 4. The van der Waals surface area contributed by atoms with E-state index in [4.69, 9.17) is 9.73 Å². The number of ether oxygens (including phenoxy) is 1. The fraction of sp³-hybridized carbons (Fsp3) is 0.115. The Labute approximate surface area is 180 Å². The standard InChI is InChI=1S/C26H21NO2S/c1-29-19-13-10-18(11-14-19)25-16-23(27-22-8-4-5-9-24(22)30-25)21-15-12-17-6-2-3-7-20(17)26(21)28/h2-15,25,28H,16H2,1H3. The summed E-state index contributed by atoms with van der Waals surface area (Å²) in [6.07, 6.45) is 0.720. The molecule has 0 fully saturated rings. The molecule has 1 atom stereocenters. The molecule has 1 unspecified atom stereocenters. The normalized spacial score (nSPS) is 15.9. The van der Waals surface area contributed by atoms with E-state index in [1.54, 1.807) is 7.11 Å². The Morgan fingerprint density at radius 1 is 0.900 bits per heavy atom. The first-order valence-corrected chi connectivity index (χ1v) is 10.8. The lowest BCUT2D eigenvalue weighted by atomic mass is 9.97.